The van der Waals surface area contributed by atoms with Crippen molar-refractivity contribution >= 4 is 17.4 Å². The number of nitrogens with one attached hydrogen (secondary N) is 1. The van der Waals surface area contributed by atoms with E-state index in [-0.39, 0.29) is 38.8 Å². The summed E-state index contributed by atoms with van der Waals surface area (Å²) in [6.45, 7) is 8.48. The topological polar surface area (TPSA) is 70.6 Å². The summed E-state index contributed by atoms with van der Waals surface area (Å²) >= 11 is 0. The summed E-state index contributed by atoms with van der Waals surface area (Å²) in [4.78, 5) is 26.4. The summed E-state index contributed by atoms with van der Waals surface area (Å²) in [5, 5.41) is 2.99. The second-order valence-electron chi connectivity index (χ2n) is 11.4. The quantitative estimate of drug-likeness (QED) is 0.413. The van der Waals surface area contributed by atoms with Crippen LogP contribution in [-0.2, 0) is 22.5 Å². The van der Waals surface area contributed by atoms with E-state index in [4.69, 9.17) is 14.7 Å². The van der Waals surface area contributed by atoms with Crippen LogP contribution in [-0.4, -0.2) is 59.7 Å². The molecule has 1 N–H and O–H groups in total. The molecule has 1 aromatic heterocycles. The molecule has 1 amide bonds. The van der Waals surface area contributed by atoms with Gasteiger partial charge in [-0.1, -0.05) is 28.7 Å². The van der Waals surface area contributed by atoms with E-state index in [0.29, 0.717) is 36.2 Å². The molecule has 2 atom stereocenters. The standard InChI is InChI=1S/C28H36F3N5O2.2CH4/c1-15(2)26-28(37)34-25-16(3)32-23(33-27(25)35(26)4)11-18-7-20(8-18)36(12-17-5-6-38-14-17)13-19-9-21(29)24(31)22(30)10-19;;/h9-10,15,17-18,20,26H,5-8,11-14H2,1-4H3,(H,34,37);2*1H4/t17?,18?,20?,26-;;/m0../s1. The number of rotatable bonds is 8. The molecule has 1 aromatic carbocycles. The molecule has 1 unspecified atom stereocenters. The Hall–Kier alpha value is -2.72. The molecule has 0 bridgehead atoms. The van der Waals surface area contributed by atoms with Gasteiger partial charge in [0.2, 0.25) is 5.91 Å². The zero-order chi connectivity index (χ0) is 27.1. The van der Waals surface area contributed by atoms with Crippen molar-refractivity contribution in [3.05, 3.63) is 46.7 Å². The van der Waals surface area contributed by atoms with Crippen LogP contribution in [0.5, 0.6) is 0 Å². The number of halogens is 3. The Bertz CT molecular complexity index is 1180. The van der Waals surface area contributed by atoms with E-state index >= 15 is 0 Å². The van der Waals surface area contributed by atoms with Crippen LogP contribution >= 0.6 is 0 Å². The van der Waals surface area contributed by atoms with Crippen molar-refractivity contribution in [2.75, 3.05) is 37.0 Å². The summed E-state index contributed by atoms with van der Waals surface area (Å²) in [5.41, 5.74) is 1.86. The van der Waals surface area contributed by atoms with E-state index in [1.807, 2.05) is 32.7 Å². The monoisotopic (exact) mass is 563 g/mol. The summed E-state index contributed by atoms with van der Waals surface area (Å²) in [6.07, 6.45) is 3.52. The summed E-state index contributed by atoms with van der Waals surface area (Å²) in [7, 11) is 1.91. The van der Waals surface area contributed by atoms with Crippen molar-refractivity contribution in [1.29, 1.82) is 0 Å². The van der Waals surface area contributed by atoms with Crippen molar-refractivity contribution < 1.29 is 22.7 Å². The first-order chi connectivity index (χ1) is 18.1. The number of hydrogen-bond donors (Lipinski definition) is 1. The largest absolute Gasteiger partial charge is 0.381 e. The number of ether oxygens (including phenoxy) is 1. The first-order valence-electron chi connectivity index (χ1n) is 13.5. The number of carbonyl (C=O) groups is 1. The average Bonchev–Trinajstić information content (AvgIpc) is 3.33. The molecule has 1 saturated heterocycles. The van der Waals surface area contributed by atoms with Crippen molar-refractivity contribution in [3.63, 3.8) is 0 Å². The van der Waals surface area contributed by atoms with Gasteiger partial charge in [-0.05, 0) is 61.6 Å². The highest BCUT2D eigenvalue weighted by Crippen LogP contribution is 2.38. The van der Waals surface area contributed by atoms with E-state index in [0.717, 1.165) is 68.3 Å². The second kappa shape index (κ2) is 12.9. The highest BCUT2D eigenvalue weighted by Gasteiger charge is 2.38. The maximum absolute atomic E-state index is 13.9. The van der Waals surface area contributed by atoms with E-state index in [9.17, 15) is 18.0 Å². The molecular weight excluding hydrogens is 519 g/mol. The third-order valence-electron chi connectivity index (χ3n) is 8.16. The average molecular weight is 564 g/mol. The Morgan fingerprint density at radius 1 is 1.12 bits per heavy atom. The van der Waals surface area contributed by atoms with Gasteiger partial charge in [0.25, 0.3) is 0 Å². The maximum Gasteiger partial charge on any atom is 0.247 e. The van der Waals surface area contributed by atoms with Gasteiger partial charge in [-0.15, -0.1) is 0 Å². The molecule has 0 radical (unpaired) electrons. The van der Waals surface area contributed by atoms with Gasteiger partial charge in [0, 0.05) is 39.2 Å². The predicted molar refractivity (Wildman–Crippen MR) is 152 cm³/mol. The fourth-order valence-corrected chi connectivity index (χ4v) is 6.12. The molecule has 1 aliphatic carbocycles. The molecule has 2 fully saturated rings. The minimum atomic E-state index is -1.43. The third kappa shape index (κ3) is 6.43. The first kappa shape index (κ1) is 31.8. The normalized spacial score (nSPS) is 23.8. The molecule has 40 heavy (non-hydrogen) atoms. The molecule has 3 heterocycles. The lowest BCUT2D eigenvalue weighted by molar-refractivity contribution is -0.118. The molecule has 2 aliphatic heterocycles. The third-order valence-corrected chi connectivity index (χ3v) is 8.16. The molecule has 0 spiro atoms. The van der Waals surface area contributed by atoms with Gasteiger partial charge in [0.05, 0.1) is 12.3 Å². The Morgan fingerprint density at radius 2 is 1.80 bits per heavy atom. The van der Waals surface area contributed by atoms with Gasteiger partial charge in [-0.2, -0.15) is 0 Å². The number of aromatic nitrogens is 2. The number of nitrogens with zero attached hydrogens (tertiary/aromatic N) is 4. The lowest BCUT2D eigenvalue weighted by Crippen LogP contribution is -2.50. The van der Waals surface area contributed by atoms with Gasteiger partial charge in [-0.3, -0.25) is 9.69 Å². The van der Waals surface area contributed by atoms with E-state index in [2.05, 4.69) is 10.2 Å². The molecule has 3 aliphatic rings. The van der Waals surface area contributed by atoms with E-state index in [1.165, 1.54) is 0 Å². The fraction of sp³-hybridized carbons (Fsp3) is 0.633. The summed E-state index contributed by atoms with van der Waals surface area (Å²) in [6, 6.07) is 2.15. The zero-order valence-electron chi connectivity index (χ0n) is 22.4. The Kier molecular flexibility index (Phi) is 10.2. The summed E-state index contributed by atoms with van der Waals surface area (Å²) < 4.78 is 46.8. The van der Waals surface area contributed by atoms with Crippen molar-refractivity contribution in [1.82, 2.24) is 14.9 Å². The smallest absolute Gasteiger partial charge is 0.247 e. The van der Waals surface area contributed by atoms with Crippen LogP contribution in [0.25, 0.3) is 0 Å². The van der Waals surface area contributed by atoms with Crippen LogP contribution in [0.3, 0.4) is 0 Å². The van der Waals surface area contributed by atoms with Crippen LogP contribution in [0.4, 0.5) is 24.7 Å². The molecule has 222 valence electrons. The van der Waals surface area contributed by atoms with Crippen molar-refractivity contribution in [2.24, 2.45) is 17.8 Å². The van der Waals surface area contributed by atoms with Crippen molar-refractivity contribution in [2.45, 2.75) is 79.9 Å². The number of likely N-dealkylation sites (N-methyl/N-ethyl adjacent to an activating group) is 1. The van der Waals surface area contributed by atoms with Crippen LogP contribution < -0.4 is 10.2 Å². The molecular formula is C30H44F3N5O2. The van der Waals surface area contributed by atoms with E-state index in [1.54, 1.807) is 0 Å². The highest BCUT2D eigenvalue weighted by atomic mass is 19.2. The minimum Gasteiger partial charge on any atom is -0.381 e. The van der Waals surface area contributed by atoms with Crippen molar-refractivity contribution in [3.8, 4) is 0 Å². The SMILES string of the molecule is C.C.Cc1nc(CC2CC(N(Cc3cc(F)c(F)c(F)c3)CC3CCOC3)C2)nc2c1NC(=O)[C@H](C(C)C)N2C. The molecule has 7 nitrogen and oxygen atoms in total. The Morgan fingerprint density at radius 3 is 2.40 bits per heavy atom. The van der Waals surface area contributed by atoms with Gasteiger partial charge < -0.3 is 15.0 Å². The predicted octanol–water partition coefficient (Wildman–Crippen LogP) is 5.75. The first-order valence-corrected chi connectivity index (χ1v) is 13.5. The fourth-order valence-electron chi connectivity index (χ4n) is 6.12. The van der Waals surface area contributed by atoms with Gasteiger partial charge in [0.15, 0.2) is 23.3 Å². The number of benzene rings is 1. The number of amides is 1. The number of anilines is 2. The molecule has 2 aromatic rings. The zero-order valence-corrected chi connectivity index (χ0v) is 22.4. The molecule has 5 rings (SSSR count). The van der Waals surface area contributed by atoms with Gasteiger partial charge >= 0.3 is 0 Å². The summed E-state index contributed by atoms with van der Waals surface area (Å²) in [5.74, 6) is -1.38. The van der Waals surface area contributed by atoms with Gasteiger partial charge in [-0.25, -0.2) is 23.1 Å². The number of carbonyl (C=O) groups excluding carboxylic acids is 1. The van der Waals surface area contributed by atoms with Crippen LogP contribution in [0.1, 0.15) is 65.0 Å². The van der Waals surface area contributed by atoms with E-state index < -0.39 is 17.5 Å². The van der Waals surface area contributed by atoms with Crippen LogP contribution in [0.15, 0.2) is 12.1 Å². The Balaban J connectivity index is 0.00000220. The maximum atomic E-state index is 13.9. The molecule has 10 heteroatoms. The number of hydrogen-bond acceptors (Lipinski definition) is 6. The number of aryl methyl sites for hydroxylation is 1. The van der Waals surface area contributed by atoms with Crippen LogP contribution in [0.2, 0.25) is 0 Å². The van der Waals surface area contributed by atoms with Crippen LogP contribution in [0, 0.1) is 42.1 Å². The highest BCUT2D eigenvalue weighted by molar-refractivity contribution is 6.03. The molecule has 1 saturated carbocycles. The lowest BCUT2D eigenvalue weighted by atomic mass is 9.76. The van der Waals surface area contributed by atoms with Gasteiger partial charge in [0.1, 0.15) is 17.6 Å². The number of fused-ring (bicyclic) bond motifs is 1. The lowest BCUT2D eigenvalue weighted by Gasteiger charge is -2.44. The Labute approximate surface area is 236 Å². The minimum absolute atomic E-state index is 0. The second-order valence-corrected chi connectivity index (χ2v) is 11.4.